The lowest BCUT2D eigenvalue weighted by Gasteiger charge is -2.39. The second-order valence-electron chi connectivity index (χ2n) is 6.24. The molecule has 0 radical (unpaired) electrons. The van der Waals surface area contributed by atoms with Crippen LogP contribution in [-0.2, 0) is 0 Å². The molecular formula is C15H27N5. The van der Waals surface area contributed by atoms with Crippen molar-refractivity contribution in [1.29, 1.82) is 0 Å². The molecule has 0 saturated carbocycles. The van der Waals surface area contributed by atoms with Gasteiger partial charge in [-0.2, -0.15) is 0 Å². The summed E-state index contributed by atoms with van der Waals surface area (Å²) in [5, 5.41) is 2.31. The first-order valence-corrected chi connectivity index (χ1v) is 7.59. The lowest BCUT2D eigenvalue weighted by molar-refractivity contribution is 0.135. The highest BCUT2D eigenvalue weighted by atomic mass is 15.5. The molecule has 0 spiro atoms. The predicted octanol–water partition coefficient (Wildman–Crippen LogP) is 3.08. The minimum atomic E-state index is 0.273. The average molecular weight is 277 g/mol. The molecule has 1 aromatic rings. The van der Waals surface area contributed by atoms with Crippen molar-refractivity contribution < 1.29 is 0 Å². The SMILES string of the molecule is Cc1c(N)nc(C(C)C)nc1NN1C(C)CCCC1C. The molecule has 0 aliphatic carbocycles. The molecule has 2 unspecified atom stereocenters. The molecule has 5 heteroatoms. The van der Waals surface area contributed by atoms with E-state index in [1.807, 2.05) is 6.92 Å². The van der Waals surface area contributed by atoms with Crippen molar-refractivity contribution in [2.75, 3.05) is 11.2 Å². The largest absolute Gasteiger partial charge is 0.383 e. The topological polar surface area (TPSA) is 67.1 Å². The third-order valence-electron chi connectivity index (χ3n) is 4.15. The highest BCUT2D eigenvalue weighted by Crippen LogP contribution is 2.26. The summed E-state index contributed by atoms with van der Waals surface area (Å²) in [6, 6.07) is 1.02. The minimum absolute atomic E-state index is 0.273. The molecule has 0 amide bonds. The Kier molecular flexibility index (Phi) is 4.48. The number of nitrogens with zero attached hydrogens (tertiary/aromatic N) is 3. The fourth-order valence-electron chi connectivity index (χ4n) is 2.68. The van der Waals surface area contributed by atoms with Crippen LogP contribution in [-0.4, -0.2) is 27.1 Å². The number of piperidine rings is 1. The normalized spacial score (nSPS) is 24.1. The predicted molar refractivity (Wildman–Crippen MR) is 83.5 cm³/mol. The molecular weight excluding hydrogens is 250 g/mol. The molecule has 1 aliphatic rings. The Morgan fingerprint density at radius 2 is 1.80 bits per heavy atom. The number of hydrazine groups is 1. The van der Waals surface area contributed by atoms with Crippen molar-refractivity contribution in [3.05, 3.63) is 11.4 Å². The summed E-state index contributed by atoms with van der Waals surface area (Å²) in [6.45, 7) is 10.7. The van der Waals surface area contributed by atoms with Gasteiger partial charge in [0.05, 0.1) is 0 Å². The van der Waals surface area contributed by atoms with Crippen LogP contribution in [0.15, 0.2) is 0 Å². The van der Waals surface area contributed by atoms with Crippen molar-refractivity contribution in [3.8, 4) is 0 Å². The molecule has 1 aliphatic heterocycles. The second kappa shape index (κ2) is 5.95. The van der Waals surface area contributed by atoms with Crippen LogP contribution in [0.2, 0.25) is 0 Å². The second-order valence-corrected chi connectivity index (χ2v) is 6.24. The van der Waals surface area contributed by atoms with Gasteiger partial charge < -0.3 is 11.2 Å². The minimum Gasteiger partial charge on any atom is -0.383 e. The van der Waals surface area contributed by atoms with Crippen LogP contribution in [0.5, 0.6) is 0 Å². The summed E-state index contributed by atoms with van der Waals surface area (Å²) in [4.78, 5) is 9.02. The van der Waals surface area contributed by atoms with Crippen LogP contribution in [0.3, 0.4) is 0 Å². The number of nitrogens with two attached hydrogens (primary N) is 1. The van der Waals surface area contributed by atoms with Crippen LogP contribution < -0.4 is 11.2 Å². The number of anilines is 2. The summed E-state index contributed by atoms with van der Waals surface area (Å²) in [6.07, 6.45) is 3.73. The van der Waals surface area contributed by atoms with Gasteiger partial charge in [0.2, 0.25) is 0 Å². The van der Waals surface area contributed by atoms with Crippen LogP contribution in [0, 0.1) is 6.92 Å². The first kappa shape index (κ1) is 15.0. The Morgan fingerprint density at radius 3 is 2.35 bits per heavy atom. The maximum atomic E-state index is 6.02. The van der Waals surface area contributed by atoms with Crippen molar-refractivity contribution in [2.45, 2.75) is 71.9 Å². The maximum Gasteiger partial charge on any atom is 0.149 e. The molecule has 112 valence electrons. The van der Waals surface area contributed by atoms with E-state index >= 15 is 0 Å². The number of rotatable bonds is 3. The van der Waals surface area contributed by atoms with Gasteiger partial charge in [-0.25, -0.2) is 15.0 Å². The molecule has 0 aromatic carbocycles. The zero-order valence-corrected chi connectivity index (χ0v) is 13.3. The highest BCUT2D eigenvalue weighted by Gasteiger charge is 2.26. The standard InChI is InChI=1S/C15H27N5/c1-9(2)14-17-13(16)12(5)15(18-14)19-20-10(3)7-6-8-11(20)4/h9-11H,6-8H2,1-5H3,(H3,16,17,18,19). The van der Waals surface area contributed by atoms with E-state index in [4.69, 9.17) is 5.73 Å². The molecule has 2 rings (SSSR count). The van der Waals surface area contributed by atoms with Gasteiger partial charge >= 0.3 is 0 Å². The van der Waals surface area contributed by atoms with Gasteiger partial charge in [-0.05, 0) is 33.6 Å². The van der Waals surface area contributed by atoms with Crippen LogP contribution >= 0.6 is 0 Å². The molecule has 1 aromatic heterocycles. The Morgan fingerprint density at radius 1 is 1.20 bits per heavy atom. The maximum absolute atomic E-state index is 6.02. The summed E-state index contributed by atoms with van der Waals surface area (Å²) in [7, 11) is 0. The third-order valence-corrected chi connectivity index (χ3v) is 4.15. The Hall–Kier alpha value is -1.36. The Bertz CT molecular complexity index is 462. The monoisotopic (exact) mass is 277 g/mol. The molecule has 2 heterocycles. The molecule has 20 heavy (non-hydrogen) atoms. The first-order valence-electron chi connectivity index (χ1n) is 7.59. The molecule has 3 N–H and O–H groups in total. The van der Waals surface area contributed by atoms with Crippen molar-refractivity contribution in [1.82, 2.24) is 15.0 Å². The van der Waals surface area contributed by atoms with Crippen molar-refractivity contribution >= 4 is 11.6 Å². The number of aromatic nitrogens is 2. The van der Waals surface area contributed by atoms with Gasteiger partial charge in [0.1, 0.15) is 17.5 Å². The fourth-order valence-corrected chi connectivity index (χ4v) is 2.68. The van der Waals surface area contributed by atoms with Gasteiger partial charge in [-0.15, -0.1) is 0 Å². The molecule has 5 nitrogen and oxygen atoms in total. The quantitative estimate of drug-likeness (QED) is 0.888. The van der Waals surface area contributed by atoms with Gasteiger partial charge in [-0.3, -0.25) is 0 Å². The van der Waals surface area contributed by atoms with E-state index < -0.39 is 0 Å². The summed E-state index contributed by atoms with van der Waals surface area (Å²) < 4.78 is 0. The van der Waals surface area contributed by atoms with E-state index in [-0.39, 0.29) is 5.92 Å². The number of nitrogens with one attached hydrogen (secondary N) is 1. The van der Waals surface area contributed by atoms with Crippen molar-refractivity contribution in [3.63, 3.8) is 0 Å². The summed E-state index contributed by atoms with van der Waals surface area (Å²) >= 11 is 0. The fraction of sp³-hybridized carbons (Fsp3) is 0.733. The summed E-state index contributed by atoms with van der Waals surface area (Å²) in [5.41, 5.74) is 10.4. The van der Waals surface area contributed by atoms with Gasteiger partial charge in [0.15, 0.2) is 0 Å². The smallest absolute Gasteiger partial charge is 0.149 e. The number of nitrogen functional groups attached to an aromatic ring is 1. The van der Waals surface area contributed by atoms with Gasteiger partial charge in [-0.1, -0.05) is 20.3 Å². The van der Waals surface area contributed by atoms with E-state index in [1.165, 1.54) is 19.3 Å². The number of hydrogen-bond acceptors (Lipinski definition) is 5. The molecule has 1 saturated heterocycles. The summed E-state index contributed by atoms with van der Waals surface area (Å²) in [5.74, 6) is 2.49. The zero-order valence-electron chi connectivity index (χ0n) is 13.3. The van der Waals surface area contributed by atoms with Crippen molar-refractivity contribution in [2.24, 2.45) is 0 Å². The molecule has 2 atom stereocenters. The van der Waals surface area contributed by atoms with Crippen LogP contribution in [0.4, 0.5) is 11.6 Å². The first-order chi connectivity index (χ1) is 9.40. The third kappa shape index (κ3) is 3.03. The van der Waals surface area contributed by atoms with E-state index in [0.717, 1.165) is 17.2 Å². The van der Waals surface area contributed by atoms with Crippen LogP contribution in [0.25, 0.3) is 0 Å². The molecule has 0 bridgehead atoms. The van der Waals surface area contributed by atoms with Gasteiger partial charge in [0.25, 0.3) is 0 Å². The Balaban J connectivity index is 2.27. The Labute approximate surface area is 121 Å². The van der Waals surface area contributed by atoms with E-state index in [1.54, 1.807) is 0 Å². The average Bonchev–Trinajstić information content (AvgIpc) is 2.38. The van der Waals surface area contributed by atoms with Gasteiger partial charge in [0, 0.05) is 23.6 Å². The zero-order chi connectivity index (χ0) is 14.9. The van der Waals surface area contributed by atoms with Crippen LogP contribution in [0.1, 0.15) is 64.3 Å². The van der Waals surface area contributed by atoms with E-state index in [9.17, 15) is 0 Å². The van der Waals surface area contributed by atoms with E-state index in [0.29, 0.717) is 17.9 Å². The van der Waals surface area contributed by atoms with E-state index in [2.05, 4.69) is 48.1 Å². The molecule has 1 fully saturated rings. The number of hydrogen-bond donors (Lipinski definition) is 2. The lowest BCUT2D eigenvalue weighted by Crippen LogP contribution is -2.47. The highest BCUT2D eigenvalue weighted by molar-refractivity contribution is 5.54. The lowest BCUT2D eigenvalue weighted by atomic mass is 10.00.